The Morgan fingerprint density at radius 2 is 1.80 bits per heavy atom. The highest BCUT2D eigenvalue weighted by Crippen LogP contribution is 2.36. The lowest BCUT2D eigenvalue weighted by atomic mass is 9.77. The van der Waals surface area contributed by atoms with Crippen molar-refractivity contribution in [2.45, 2.75) is 90.8 Å². The Kier molecular flexibility index (Phi) is 5.53. The Morgan fingerprint density at radius 1 is 1.10 bits per heavy atom. The molecule has 2 nitrogen and oxygen atoms in total. The zero-order chi connectivity index (χ0) is 14.8. The van der Waals surface area contributed by atoms with Gasteiger partial charge in [0.25, 0.3) is 0 Å². The summed E-state index contributed by atoms with van der Waals surface area (Å²) in [5.74, 6) is 1.81. The van der Waals surface area contributed by atoms with Crippen molar-refractivity contribution in [3.63, 3.8) is 0 Å². The molecule has 2 aliphatic rings. The molecule has 0 bridgehead atoms. The Bertz CT molecular complexity index is 298. The molecule has 1 saturated heterocycles. The number of hydrogen-bond donors (Lipinski definition) is 1. The molecule has 20 heavy (non-hydrogen) atoms. The van der Waals surface area contributed by atoms with Gasteiger partial charge >= 0.3 is 0 Å². The standard InChI is InChI=1S/C18H36N2/c1-6-16-12-19-18(7-2,8-3)13-20(16)17-10-9-14(4)11-15(17)5/h14-17,19H,6-13H2,1-5H3. The second kappa shape index (κ2) is 6.79. The third kappa shape index (κ3) is 3.22. The molecule has 118 valence electrons. The maximum absolute atomic E-state index is 3.88. The lowest BCUT2D eigenvalue weighted by molar-refractivity contribution is -0.00463. The van der Waals surface area contributed by atoms with E-state index in [2.05, 4.69) is 44.8 Å². The molecular weight excluding hydrogens is 244 g/mol. The van der Waals surface area contributed by atoms with Gasteiger partial charge in [-0.1, -0.05) is 34.6 Å². The van der Waals surface area contributed by atoms with Crippen molar-refractivity contribution in [1.29, 1.82) is 0 Å². The number of piperazine rings is 1. The van der Waals surface area contributed by atoms with Gasteiger partial charge in [0.2, 0.25) is 0 Å². The van der Waals surface area contributed by atoms with Gasteiger partial charge in [-0.05, 0) is 50.4 Å². The van der Waals surface area contributed by atoms with Crippen molar-refractivity contribution >= 4 is 0 Å². The average molecular weight is 280 g/mol. The van der Waals surface area contributed by atoms with Gasteiger partial charge in [0.05, 0.1) is 0 Å². The summed E-state index contributed by atoms with van der Waals surface area (Å²) in [5, 5.41) is 3.88. The Morgan fingerprint density at radius 3 is 2.35 bits per heavy atom. The first-order valence-electron chi connectivity index (χ1n) is 9.06. The van der Waals surface area contributed by atoms with Gasteiger partial charge in [-0.25, -0.2) is 0 Å². The molecule has 1 saturated carbocycles. The molecule has 2 rings (SSSR count). The van der Waals surface area contributed by atoms with Gasteiger partial charge in [0.1, 0.15) is 0 Å². The molecule has 4 atom stereocenters. The second-order valence-corrected chi connectivity index (χ2v) is 7.57. The summed E-state index contributed by atoms with van der Waals surface area (Å²) in [6, 6.07) is 1.58. The Hall–Kier alpha value is -0.0800. The van der Waals surface area contributed by atoms with Crippen LogP contribution in [0.25, 0.3) is 0 Å². The summed E-state index contributed by atoms with van der Waals surface area (Å²) >= 11 is 0. The van der Waals surface area contributed by atoms with Crippen LogP contribution in [0.2, 0.25) is 0 Å². The molecule has 0 amide bonds. The zero-order valence-electron chi connectivity index (χ0n) is 14.4. The smallest absolute Gasteiger partial charge is 0.0304 e. The summed E-state index contributed by atoms with van der Waals surface area (Å²) in [5.41, 5.74) is 0.369. The average Bonchev–Trinajstić information content (AvgIpc) is 2.46. The summed E-state index contributed by atoms with van der Waals surface area (Å²) in [6.45, 7) is 14.5. The van der Waals surface area contributed by atoms with Gasteiger partial charge in [-0.15, -0.1) is 0 Å². The molecule has 0 aromatic rings. The van der Waals surface area contributed by atoms with E-state index in [1.54, 1.807) is 0 Å². The van der Waals surface area contributed by atoms with Gasteiger partial charge in [-0.3, -0.25) is 4.90 Å². The minimum atomic E-state index is 0.369. The molecular formula is C18H36N2. The topological polar surface area (TPSA) is 15.3 Å². The van der Waals surface area contributed by atoms with Crippen molar-refractivity contribution in [2.75, 3.05) is 13.1 Å². The maximum Gasteiger partial charge on any atom is 0.0304 e. The van der Waals surface area contributed by atoms with E-state index in [1.807, 2.05) is 0 Å². The minimum absolute atomic E-state index is 0.369. The fourth-order valence-corrected chi connectivity index (χ4v) is 4.62. The molecule has 0 aromatic carbocycles. The third-order valence-corrected chi connectivity index (χ3v) is 6.30. The fraction of sp³-hybridized carbons (Fsp3) is 1.00. The van der Waals surface area contributed by atoms with Crippen LogP contribution in [0, 0.1) is 11.8 Å². The number of nitrogens with one attached hydrogen (secondary N) is 1. The summed E-state index contributed by atoms with van der Waals surface area (Å²) in [6.07, 6.45) is 8.08. The van der Waals surface area contributed by atoms with Gasteiger partial charge in [-0.2, -0.15) is 0 Å². The van der Waals surface area contributed by atoms with Crippen LogP contribution in [0.3, 0.4) is 0 Å². The summed E-state index contributed by atoms with van der Waals surface area (Å²) in [7, 11) is 0. The fourth-order valence-electron chi connectivity index (χ4n) is 4.62. The molecule has 1 aliphatic carbocycles. The van der Waals surface area contributed by atoms with Crippen molar-refractivity contribution in [2.24, 2.45) is 11.8 Å². The van der Waals surface area contributed by atoms with Gasteiger partial charge in [0.15, 0.2) is 0 Å². The van der Waals surface area contributed by atoms with Crippen molar-refractivity contribution in [3.8, 4) is 0 Å². The van der Waals surface area contributed by atoms with Crippen molar-refractivity contribution in [1.82, 2.24) is 10.2 Å². The first-order valence-corrected chi connectivity index (χ1v) is 9.06. The molecule has 1 heterocycles. The van der Waals surface area contributed by atoms with Crippen LogP contribution in [-0.4, -0.2) is 35.6 Å². The van der Waals surface area contributed by atoms with E-state index < -0.39 is 0 Å². The van der Waals surface area contributed by atoms with Gasteiger partial charge < -0.3 is 5.32 Å². The van der Waals surface area contributed by atoms with E-state index in [4.69, 9.17) is 0 Å². The minimum Gasteiger partial charge on any atom is -0.308 e. The lowest BCUT2D eigenvalue weighted by Gasteiger charge is -2.53. The molecule has 1 N–H and O–H groups in total. The van der Waals surface area contributed by atoms with Crippen LogP contribution in [0.5, 0.6) is 0 Å². The summed E-state index contributed by atoms with van der Waals surface area (Å²) in [4.78, 5) is 2.90. The van der Waals surface area contributed by atoms with Crippen molar-refractivity contribution < 1.29 is 0 Å². The molecule has 4 unspecified atom stereocenters. The van der Waals surface area contributed by atoms with E-state index in [1.165, 1.54) is 51.6 Å². The number of nitrogens with zero attached hydrogens (tertiary/aromatic N) is 1. The van der Waals surface area contributed by atoms with Crippen LogP contribution in [0.1, 0.15) is 73.1 Å². The number of hydrogen-bond acceptors (Lipinski definition) is 2. The monoisotopic (exact) mass is 280 g/mol. The van der Waals surface area contributed by atoms with E-state index in [0.29, 0.717) is 5.54 Å². The Balaban J connectivity index is 2.12. The first kappa shape index (κ1) is 16.3. The van der Waals surface area contributed by atoms with Crippen LogP contribution in [-0.2, 0) is 0 Å². The lowest BCUT2D eigenvalue weighted by Crippen LogP contribution is -2.66. The zero-order valence-corrected chi connectivity index (χ0v) is 14.4. The third-order valence-electron chi connectivity index (χ3n) is 6.30. The quantitative estimate of drug-likeness (QED) is 0.835. The highest BCUT2D eigenvalue weighted by molar-refractivity contribution is 5.00. The van der Waals surface area contributed by atoms with E-state index in [9.17, 15) is 0 Å². The predicted molar refractivity (Wildman–Crippen MR) is 88.1 cm³/mol. The highest BCUT2D eigenvalue weighted by Gasteiger charge is 2.41. The largest absolute Gasteiger partial charge is 0.308 e. The molecule has 0 aromatic heterocycles. The van der Waals surface area contributed by atoms with Crippen LogP contribution >= 0.6 is 0 Å². The van der Waals surface area contributed by atoms with Crippen LogP contribution in [0.15, 0.2) is 0 Å². The van der Waals surface area contributed by atoms with Gasteiger partial charge in [0, 0.05) is 30.7 Å². The molecule has 1 aliphatic heterocycles. The SMILES string of the molecule is CCC1CNC(CC)(CC)CN1C1CCC(C)CC1C. The van der Waals surface area contributed by atoms with E-state index >= 15 is 0 Å². The van der Waals surface area contributed by atoms with E-state index in [-0.39, 0.29) is 0 Å². The first-order chi connectivity index (χ1) is 9.55. The summed E-state index contributed by atoms with van der Waals surface area (Å²) < 4.78 is 0. The normalized spacial score (nSPS) is 38.9. The van der Waals surface area contributed by atoms with E-state index in [0.717, 1.165) is 23.9 Å². The predicted octanol–water partition coefficient (Wildman–Crippen LogP) is 4.05. The van der Waals surface area contributed by atoms with Crippen LogP contribution < -0.4 is 5.32 Å². The number of rotatable bonds is 4. The highest BCUT2D eigenvalue weighted by atomic mass is 15.3. The molecule has 2 fully saturated rings. The maximum atomic E-state index is 3.88. The molecule has 0 radical (unpaired) electrons. The van der Waals surface area contributed by atoms with Crippen LogP contribution in [0.4, 0.5) is 0 Å². The molecule has 0 spiro atoms. The van der Waals surface area contributed by atoms with Crippen molar-refractivity contribution in [3.05, 3.63) is 0 Å². The molecule has 2 heteroatoms. The Labute approximate surface area is 126 Å². The second-order valence-electron chi connectivity index (χ2n) is 7.57.